The zero-order valence-electron chi connectivity index (χ0n) is 15.1. The number of halogens is 1. The summed E-state index contributed by atoms with van der Waals surface area (Å²) in [5, 5.41) is 6.11. The molecule has 1 aliphatic carbocycles. The summed E-state index contributed by atoms with van der Waals surface area (Å²) in [5.41, 5.74) is 2.38. The van der Waals surface area contributed by atoms with Crippen LogP contribution in [0.2, 0.25) is 0 Å². The van der Waals surface area contributed by atoms with Crippen molar-refractivity contribution in [2.45, 2.75) is 25.4 Å². The summed E-state index contributed by atoms with van der Waals surface area (Å²) >= 11 is 0. The first-order chi connectivity index (χ1) is 12.3. The minimum absolute atomic E-state index is 0. The fourth-order valence-corrected chi connectivity index (χ4v) is 3.01. The molecule has 1 fully saturated rings. The molecule has 2 N–H and O–H groups in total. The van der Waals surface area contributed by atoms with Crippen LogP contribution in [0.15, 0.2) is 54.6 Å². The van der Waals surface area contributed by atoms with E-state index in [1.807, 2.05) is 37.4 Å². The smallest absolute Gasteiger partial charge is 0.223 e. The molecule has 0 heterocycles. The van der Waals surface area contributed by atoms with Gasteiger partial charge in [0.1, 0.15) is 12.4 Å². The Hall–Kier alpha value is -2.04. The van der Waals surface area contributed by atoms with E-state index in [1.54, 1.807) is 0 Å². The lowest BCUT2D eigenvalue weighted by Gasteiger charge is -2.08. The summed E-state index contributed by atoms with van der Waals surface area (Å²) in [4.78, 5) is 12.1. The number of amides is 1. The van der Waals surface area contributed by atoms with Crippen molar-refractivity contribution < 1.29 is 9.53 Å². The second-order valence-corrected chi connectivity index (χ2v) is 6.54. The van der Waals surface area contributed by atoms with Crippen LogP contribution in [-0.2, 0) is 11.4 Å². The molecule has 4 nitrogen and oxygen atoms in total. The Kier molecular flexibility index (Phi) is 7.95. The number of carbonyl (C=O) groups excluding carboxylic acids is 1. The molecule has 2 atom stereocenters. The Morgan fingerprint density at radius 3 is 2.50 bits per heavy atom. The third-order valence-corrected chi connectivity index (χ3v) is 4.59. The molecule has 1 aliphatic rings. The average molecular weight is 375 g/mol. The largest absolute Gasteiger partial charge is 0.489 e. The van der Waals surface area contributed by atoms with Crippen LogP contribution in [-0.4, -0.2) is 26.0 Å². The fraction of sp³-hybridized carbons (Fsp3) is 0.381. The summed E-state index contributed by atoms with van der Waals surface area (Å²) in [6.07, 6.45) is 1.91. The topological polar surface area (TPSA) is 50.4 Å². The molecule has 1 saturated carbocycles. The molecule has 0 aromatic heterocycles. The van der Waals surface area contributed by atoms with E-state index in [9.17, 15) is 4.79 Å². The summed E-state index contributed by atoms with van der Waals surface area (Å²) in [6, 6.07) is 18.3. The Balaban J connectivity index is 0.00000243. The second kappa shape index (κ2) is 10.2. The number of benzene rings is 2. The van der Waals surface area contributed by atoms with Crippen molar-refractivity contribution in [3.8, 4) is 5.75 Å². The zero-order valence-corrected chi connectivity index (χ0v) is 15.9. The Bertz CT molecular complexity index is 676. The van der Waals surface area contributed by atoms with Crippen LogP contribution in [0.4, 0.5) is 0 Å². The van der Waals surface area contributed by atoms with Gasteiger partial charge < -0.3 is 15.4 Å². The molecular weight excluding hydrogens is 348 g/mol. The lowest BCUT2D eigenvalue weighted by atomic mass is 10.1. The highest BCUT2D eigenvalue weighted by molar-refractivity contribution is 5.85. The van der Waals surface area contributed by atoms with Crippen LogP contribution >= 0.6 is 12.4 Å². The molecule has 2 unspecified atom stereocenters. The van der Waals surface area contributed by atoms with Crippen molar-refractivity contribution in [3.05, 3.63) is 65.7 Å². The minimum atomic E-state index is 0. The Morgan fingerprint density at radius 1 is 1.08 bits per heavy atom. The van der Waals surface area contributed by atoms with Crippen molar-refractivity contribution in [2.75, 3.05) is 20.1 Å². The lowest BCUT2D eigenvalue weighted by molar-refractivity contribution is -0.122. The number of hydrogen-bond donors (Lipinski definition) is 2. The molecule has 0 radical (unpaired) electrons. The molecule has 1 amide bonds. The molecule has 0 aliphatic heterocycles. The van der Waals surface area contributed by atoms with E-state index in [4.69, 9.17) is 4.74 Å². The van der Waals surface area contributed by atoms with Gasteiger partial charge in [-0.2, -0.15) is 0 Å². The molecule has 140 valence electrons. The normalized spacial score (nSPS) is 17.9. The maximum Gasteiger partial charge on any atom is 0.223 e. The van der Waals surface area contributed by atoms with Gasteiger partial charge in [-0.25, -0.2) is 0 Å². The predicted octanol–water partition coefficient (Wildman–Crippen LogP) is 3.52. The van der Waals surface area contributed by atoms with E-state index >= 15 is 0 Å². The molecular formula is C21H27ClN2O2. The fourth-order valence-electron chi connectivity index (χ4n) is 3.01. The third kappa shape index (κ3) is 5.75. The zero-order chi connectivity index (χ0) is 17.5. The minimum Gasteiger partial charge on any atom is -0.489 e. The highest BCUT2D eigenvalue weighted by atomic mass is 35.5. The van der Waals surface area contributed by atoms with E-state index in [2.05, 4.69) is 34.9 Å². The second-order valence-electron chi connectivity index (χ2n) is 6.54. The SMILES string of the molecule is CNCCCNC(=O)C1CC1c1ccc(OCc2ccccc2)cc1.Cl. The summed E-state index contributed by atoms with van der Waals surface area (Å²) in [5.74, 6) is 1.53. The van der Waals surface area contributed by atoms with E-state index < -0.39 is 0 Å². The van der Waals surface area contributed by atoms with Gasteiger partial charge in [-0.05, 0) is 55.6 Å². The van der Waals surface area contributed by atoms with E-state index in [1.165, 1.54) is 5.56 Å². The van der Waals surface area contributed by atoms with Gasteiger partial charge in [-0.1, -0.05) is 42.5 Å². The van der Waals surface area contributed by atoms with E-state index in [0.29, 0.717) is 12.5 Å². The lowest BCUT2D eigenvalue weighted by Crippen LogP contribution is -2.28. The van der Waals surface area contributed by atoms with Gasteiger partial charge in [-0.3, -0.25) is 4.79 Å². The first-order valence-electron chi connectivity index (χ1n) is 8.97. The van der Waals surface area contributed by atoms with E-state index in [-0.39, 0.29) is 24.2 Å². The maximum atomic E-state index is 12.1. The molecule has 0 spiro atoms. The number of hydrogen-bond acceptors (Lipinski definition) is 3. The van der Waals surface area contributed by atoms with Gasteiger partial charge in [0.05, 0.1) is 0 Å². The summed E-state index contributed by atoms with van der Waals surface area (Å²) in [7, 11) is 1.92. The first kappa shape index (κ1) is 20.3. The third-order valence-electron chi connectivity index (χ3n) is 4.59. The molecule has 2 aromatic rings. The van der Waals surface area contributed by atoms with Crippen LogP contribution in [0.25, 0.3) is 0 Å². The van der Waals surface area contributed by atoms with Crippen LogP contribution in [0, 0.1) is 5.92 Å². The van der Waals surface area contributed by atoms with Crippen LogP contribution in [0.3, 0.4) is 0 Å². The van der Waals surface area contributed by atoms with Gasteiger partial charge in [-0.15, -0.1) is 12.4 Å². The Morgan fingerprint density at radius 2 is 1.81 bits per heavy atom. The summed E-state index contributed by atoms with van der Waals surface area (Å²) in [6.45, 7) is 2.25. The number of ether oxygens (including phenoxy) is 1. The van der Waals surface area contributed by atoms with Gasteiger partial charge in [0, 0.05) is 12.5 Å². The number of rotatable bonds is 9. The van der Waals surface area contributed by atoms with Gasteiger partial charge in [0.15, 0.2) is 0 Å². The summed E-state index contributed by atoms with van der Waals surface area (Å²) < 4.78 is 5.81. The standard InChI is InChI=1S/C21H26N2O2.ClH/c1-22-12-5-13-23-21(24)20-14-19(20)17-8-10-18(11-9-17)25-15-16-6-3-2-4-7-16;/h2-4,6-11,19-20,22H,5,12-15H2,1H3,(H,23,24);1H. The predicted molar refractivity (Wildman–Crippen MR) is 107 cm³/mol. The quantitative estimate of drug-likeness (QED) is 0.660. The average Bonchev–Trinajstić information content (AvgIpc) is 3.46. The first-order valence-corrected chi connectivity index (χ1v) is 8.97. The highest BCUT2D eigenvalue weighted by Gasteiger charge is 2.43. The number of carbonyl (C=O) groups is 1. The van der Waals surface area contributed by atoms with Crippen molar-refractivity contribution in [3.63, 3.8) is 0 Å². The maximum absolute atomic E-state index is 12.1. The van der Waals surface area contributed by atoms with Crippen molar-refractivity contribution in [1.29, 1.82) is 0 Å². The van der Waals surface area contributed by atoms with Crippen LogP contribution < -0.4 is 15.4 Å². The molecule has 26 heavy (non-hydrogen) atoms. The molecule has 5 heteroatoms. The Labute approximate surface area is 161 Å². The van der Waals surface area contributed by atoms with Crippen LogP contribution in [0.5, 0.6) is 5.75 Å². The van der Waals surface area contributed by atoms with Gasteiger partial charge in [0.25, 0.3) is 0 Å². The van der Waals surface area contributed by atoms with Gasteiger partial charge in [0.2, 0.25) is 5.91 Å². The van der Waals surface area contributed by atoms with Crippen LogP contribution in [0.1, 0.15) is 29.9 Å². The van der Waals surface area contributed by atoms with E-state index in [0.717, 1.165) is 37.2 Å². The highest BCUT2D eigenvalue weighted by Crippen LogP contribution is 2.47. The van der Waals surface area contributed by atoms with Crippen molar-refractivity contribution in [2.24, 2.45) is 5.92 Å². The van der Waals surface area contributed by atoms with Crippen molar-refractivity contribution in [1.82, 2.24) is 10.6 Å². The van der Waals surface area contributed by atoms with Gasteiger partial charge >= 0.3 is 0 Å². The monoisotopic (exact) mass is 374 g/mol. The molecule has 0 bridgehead atoms. The molecule has 0 saturated heterocycles. The van der Waals surface area contributed by atoms with Crippen molar-refractivity contribution >= 4 is 18.3 Å². The molecule has 2 aromatic carbocycles. The molecule has 3 rings (SSSR count). The number of nitrogens with one attached hydrogen (secondary N) is 2.